The van der Waals surface area contributed by atoms with Gasteiger partial charge in [-0.05, 0) is 38.1 Å². The molecule has 1 aliphatic heterocycles. The number of hydrogen-bond acceptors (Lipinski definition) is 8. The number of furan rings is 1. The van der Waals surface area contributed by atoms with Gasteiger partial charge in [-0.3, -0.25) is 0 Å². The van der Waals surface area contributed by atoms with E-state index in [1.807, 2.05) is 24.3 Å². The van der Waals surface area contributed by atoms with Crippen LogP contribution in [-0.2, 0) is 14.3 Å². The lowest BCUT2D eigenvalue weighted by molar-refractivity contribution is -0.139. The van der Waals surface area contributed by atoms with Gasteiger partial charge in [-0.2, -0.15) is 0 Å². The molecule has 0 aliphatic carbocycles. The molecule has 1 atom stereocenters. The summed E-state index contributed by atoms with van der Waals surface area (Å²) in [5, 5.41) is 5.72. The fourth-order valence-corrected chi connectivity index (χ4v) is 4.07. The maximum Gasteiger partial charge on any atom is 0.374 e. The van der Waals surface area contributed by atoms with E-state index in [9.17, 15) is 14.4 Å². The van der Waals surface area contributed by atoms with Crippen molar-refractivity contribution in [1.29, 1.82) is 0 Å². The number of esters is 2. The summed E-state index contributed by atoms with van der Waals surface area (Å²) < 4.78 is 16.9. The van der Waals surface area contributed by atoms with Crippen molar-refractivity contribution in [2.24, 2.45) is 0 Å². The maximum absolute atomic E-state index is 12.5. The number of ether oxygens (including phenoxy) is 2. The second-order valence-electron chi connectivity index (χ2n) is 6.66. The van der Waals surface area contributed by atoms with Gasteiger partial charge in [0.05, 0.1) is 34.1 Å². The molecule has 0 saturated heterocycles. The maximum atomic E-state index is 12.5. The Morgan fingerprint density at radius 1 is 1.16 bits per heavy atom. The molecule has 0 bridgehead atoms. The molecule has 0 radical (unpaired) electrons. The van der Waals surface area contributed by atoms with Crippen molar-refractivity contribution in [2.75, 3.05) is 13.2 Å². The molecule has 2 N–H and O–H groups in total. The molecule has 0 fully saturated rings. The first-order valence-electron chi connectivity index (χ1n) is 9.57. The zero-order valence-corrected chi connectivity index (χ0v) is 17.6. The number of para-hydroxylation sites is 1. The number of nitrogens with one attached hydrogen (secondary N) is 2. The van der Waals surface area contributed by atoms with Crippen LogP contribution in [0.1, 0.15) is 24.4 Å². The Bertz CT molecular complexity index is 1160. The minimum absolute atomic E-state index is 0.0131. The van der Waals surface area contributed by atoms with Crippen LogP contribution in [0.25, 0.3) is 21.0 Å². The Kier molecular flexibility index (Phi) is 5.72. The number of aromatic nitrogens is 1. The van der Waals surface area contributed by atoms with E-state index >= 15 is 0 Å². The van der Waals surface area contributed by atoms with E-state index in [-0.39, 0.29) is 30.2 Å². The number of fused-ring (bicyclic) bond motifs is 1. The molecule has 0 spiro atoms. The normalized spacial score (nSPS) is 16.1. The van der Waals surface area contributed by atoms with Gasteiger partial charge in [0.2, 0.25) is 5.76 Å². The molecular formula is C21H19N3O6S. The van der Waals surface area contributed by atoms with Crippen molar-refractivity contribution in [2.45, 2.75) is 19.9 Å². The summed E-state index contributed by atoms with van der Waals surface area (Å²) in [4.78, 5) is 41.0. The number of thiazole rings is 1. The van der Waals surface area contributed by atoms with Crippen LogP contribution in [0.5, 0.6) is 0 Å². The third kappa shape index (κ3) is 4.29. The van der Waals surface area contributed by atoms with Crippen molar-refractivity contribution >= 4 is 39.5 Å². The van der Waals surface area contributed by atoms with Crippen molar-refractivity contribution in [3.05, 3.63) is 53.4 Å². The van der Waals surface area contributed by atoms with Crippen molar-refractivity contribution in [3.63, 3.8) is 0 Å². The van der Waals surface area contributed by atoms with Crippen molar-refractivity contribution < 1.29 is 28.3 Å². The van der Waals surface area contributed by atoms with Gasteiger partial charge in [-0.15, -0.1) is 11.3 Å². The fourth-order valence-electron chi connectivity index (χ4n) is 3.14. The predicted octanol–water partition coefficient (Wildman–Crippen LogP) is 3.23. The van der Waals surface area contributed by atoms with Crippen LogP contribution in [0.15, 0.2) is 52.1 Å². The number of urea groups is 1. The first kappa shape index (κ1) is 20.6. The van der Waals surface area contributed by atoms with E-state index in [0.717, 1.165) is 10.2 Å². The number of benzene rings is 1. The molecule has 0 saturated carbocycles. The van der Waals surface area contributed by atoms with E-state index in [2.05, 4.69) is 15.6 Å². The van der Waals surface area contributed by atoms with Gasteiger partial charge in [0.25, 0.3) is 0 Å². The van der Waals surface area contributed by atoms with Crippen LogP contribution in [0, 0.1) is 0 Å². The number of rotatable bonds is 6. The predicted molar refractivity (Wildman–Crippen MR) is 112 cm³/mol. The van der Waals surface area contributed by atoms with Crippen LogP contribution in [0.4, 0.5) is 4.79 Å². The Hall–Kier alpha value is -3.66. The topological polar surface area (TPSA) is 120 Å². The molecule has 10 heteroatoms. The minimum atomic E-state index is -0.733. The zero-order valence-electron chi connectivity index (χ0n) is 16.8. The number of carbonyl (C=O) groups excluding carboxylic acids is 3. The highest BCUT2D eigenvalue weighted by Gasteiger charge is 2.30. The second-order valence-corrected chi connectivity index (χ2v) is 7.69. The average molecular weight is 441 g/mol. The average Bonchev–Trinajstić information content (AvgIpc) is 3.38. The fraction of sp³-hybridized carbons (Fsp3) is 0.238. The number of nitrogens with zero attached hydrogens (tertiary/aromatic N) is 1. The lowest BCUT2D eigenvalue weighted by Gasteiger charge is -2.26. The van der Waals surface area contributed by atoms with E-state index < -0.39 is 24.0 Å². The summed E-state index contributed by atoms with van der Waals surface area (Å²) in [6.45, 7) is 3.18. The Labute approximate surface area is 181 Å². The summed E-state index contributed by atoms with van der Waals surface area (Å²) in [5.74, 6) is -0.891. The summed E-state index contributed by atoms with van der Waals surface area (Å²) in [5.41, 5.74) is 1.21. The van der Waals surface area contributed by atoms with Gasteiger partial charge in [0.15, 0.2) is 10.8 Å². The molecule has 3 aromatic rings. The van der Waals surface area contributed by atoms with E-state index in [0.29, 0.717) is 10.8 Å². The molecule has 4 rings (SSSR count). The highest BCUT2D eigenvalue weighted by Crippen LogP contribution is 2.31. The Morgan fingerprint density at radius 3 is 2.74 bits per heavy atom. The van der Waals surface area contributed by atoms with E-state index in [1.54, 1.807) is 19.9 Å². The Morgan fingerprint density at radius 2 is 1.97 bits per heavy atom. The van der Waals surface area contributed by atoms with Gasteiger partial charge in [-0.1, -0.05) is 12.1 Å². The number of hydrogen-bond donors (Lipinski definition) is 2. The number of carbonyl (C=O) groups is 3. The van der Waals surface area contributed by atoms with Crippen LogP contribution >= 0.6 is 11.3 Å². The summed E-state index contributed by atoms with van der Waals surface area (Å²) >= 11 is 1.45. The molecule has 0 unspecified atom stereocenters. The molecule has 31 heavy (non-hydrogen) atoms. The lowest BCUT2D eigenvalue weighted by Crippen LogP contribution is -2.50. The largest absolute Gasteiger partial charge is 0.463 e. The molecule has 1 aromatic carbocycles. The molecule has 2 amide bonds. The highest BCUT2D eigenvalue weighted by molar-refractivity contribution is 7.21. The van der Waals surface area contributed by atoms with Gasteiger partial charge < -0.3 is 24.5 Å². The quantitative estimate of drug-likeness (QED) is 0.564. The molecular weight excluding hydrogens is 422 g/mol. The van der Waals surface area contributed by atoms with Gasteiger partial charge in [-0.25, -0.2) is 19.4 Å². The molecule has 9 nitrogen and oxygen atoms in total. The van der Waals surface area contributed by atoms with E-state index in [4.69, 9.17) is 13.9 Å². The summed E-state index contributed by atoms with van der Waals surface area (Å²) in [7, 11) is 0. The van der Waals surface area contributed by atoms with E-state index in [1.165, 1.54) is 17.4 Å². The van der Waals surface area contributed by atoms with Crippen LogP contribution in [0.2, 0.25) is 0 Å². The van der Waals surface area contributed by atoms with Crippen molar-refractivity contribution in [3.8, 4) is 10.8 Å². The molecule has 160 valence electrons. The summed E-state index contributed by atoms with van der Waals surface area (Å²) in [6.07, 6.45) is 0. The number of amides is 2. The third-order valence-corrected chi connectivity index (χ3v) is 5.58. The van der Waals surface area contributed by atoms with Gasteiger partial charge in [0.1, 0.15) is 6.61 Å². The SMILES string of the molecule is CCOC(=O)C1=C(COC(=O)c2ccc(-c3nc4ccccc4s3)o2)NC(=O)N[C@H]1C. The van der Waals surface area contributed by atoms with Gasteiger partial charge >= 0.3 is 18.0 Å². The standard InChI is InChI=1S/C21H19N3O6S/c1-3-28-20(26)17-11(2)22-21(27)24-13(17)10-29-19(25)15-9-8-14(30-15)18-23-12-6-4-5-7-16(12)31-18/h4-9,11H,3,10H2,1-2H3,(H2,22,24,27)/t11-/m0/s1. The lowest BCUT2D eigenvalue weighted by atomic mass is 10.0. The second kappa shape index (κ2) is 8.60. The van der Waals surface area contributed by atoms with Crippen LogP contribution < -0.4 is 10.6 Å². The molecule has 1 aliphatic rings. The first-order chi connectivity index (χ1) is 15.0. The van der Waals surface area contributed by atoms with Crippen molar-refractivity contribution in [1.82, 2.24) is 15.6 Å². The van der Waals surface area contributed by atoms with Crippen LogP contribution in [0.3, 0.4) is 0 Å². The van der Waals surface area contributed by atoms with Crippen LogP contribution in [-0.4, -0.2) is 42.2 Å². The monoisotopic (exact) mass is 441 g/mol. The third-order valence-electron chi connectivity index (χ3n) is 4.52. The molecule has 3 heterocycles. The summed E-state index contributed by atoms with van der Waals surface area (Å²) in [6, 6.07) is 9.73. The smallest absolute Gasteiger partial charge is 0.374 e. The highest BCUT2D eigenvalue weighted by atomic mass is 32.1. The van der Waals surface area contributed by atoms with Gasteiger partial charge in [0, 0.05) is 0 Å². The zero-order chi connectivity index (χ0) is 22.0. The first-order valence-corrected chi connectivity index (χ1v) is 10.4. The Balaban J connectivity index is 1.49. The molecule has 2 aromatic heterocycles. The minimum Gasteiger partial charge on any atom is -0.463 e.